The minimum atomic E-state index is -0.603. The third-order valence-electron chi connectivity index (χ3n) is 2.89. The van der Waals surface area contributed by atoms with Crippen LogP contribution in [-0.4, -0.2) is 44.3 Å². The van der Waals surface area contributed by atoms with E-state index in [9.17, 15) is 4.39 Å². The van der Waals surface area contributed by atoms with Crippen LogP contribution in [0.1, 0.15) is 0 Å². The highest BCUT2D eigenvalue weighted by Crippen LogP contribution is 2.27. The van der Waals surface area contributed by atoms with E-state index in [1.165, 1.54) is 0 Å². The summed E-state index contributed by atoms with van der Waals surface area (Å²) in [5.41, 5.74) is 0. The number of fused-ring (bicyclic) bond motifs is 1. The Morgan fingerprint density at radius 3 is 2.62 bits per heavy atom. The Bertz CT molecular complexity index is 159. The van der Waals surface area contributed by atoms with Crippen molar-refractivity contribution in [3.05, 3.63) is 0 Å². The second kappa shape index (κ2) is 5.35. The highest BCUT2D eigenvalue weighted by atomic mass is 35.5. The van der Waals surface area contributed by atoms with Crippen LogP contribution in [-0.2, 0) is 0 Å². The van der Waals surface area contributed by atoms with Crippen LogP contribution in [0.3, 0.4) is 0 Å². The molecule has 2 rings (SSSR count). The van der Waals surface area contributed by atoms with Crippen LogP contribution in [0.15, 0.2) is 0 Å². The lowest BCUT2D eigenvalue weighted by Gasteiger charge is -2.34. The predicted molar refractivity (Wildman–Crippen MR) is 56.7 cm³/mol. The normalized spacial score (nSPS) is 38.8. The number of rotatable bonds is 0. The second-order valence-corrected chi connectivity index (χ2v) is 3.82. The van der Waals surface area contributed by atoms with Crippen molar-refractivity contribution in [2.45, 2.75) is 6.17 Å². The first-order valence-corrected chi connectivity index (χ1v) is 4.30. The first-order valence-electron chi connectivity index (χ1n) is 4.30. The van der Waals surface area contributed by atoms with Crippen LogP contribution >= 0.6 is 24.8 Å². The van der Waals surface area contributed by atoms with Gasteiger partial charge in [-0.3, -0.25) is 0 Å². The fourth-order valence-corrected chi connectivity index (χ4v) is 2.28. The van der Waals surface area contributed by atoms with Gasteiger partial charge in [0.1, 0.15) is 6.17 Å². The lowest BCUT2D eigenvalue weighted by molar-refractivity contribution is 0.0780. The van der Waals surface area contributed by atoms with Gasteiger partial charge in [-0.25, -0.2) is 4.39 Å². The number of hydrogen-bond acceptors (Lipinski definition) is 2. The van der Waals surface area contributed by atoms with Gasteiger partial charge in [0.05, 0.1) is 0 Å². The van der Waals surface area contributed by atoms with Crippen molar-refractivity contribution in [3.8, 4) is 0 Å². The minimum absolute atomic E-state index is 0. The van der Waals surface area contributed by atoms with Crippen molar-refractivity contribution < 1.29 is 4.39 Å². The molecule has 2 fully saturated rings. The molecule has 2 aliphatic rings. The quantitative estimate of drug-likeness (QED) is 0.667. The maximum atomic E-state index is 13.3. The Morgan fingerprint density at radius 1 is 1.23 bits per heavy atom. The van der Waals surface area contributed by atoms with E-state index in [2.05, 4.69) is 10.2 Å². The van der Waals surface area contributed by atoms with Crippen LogP contribution < -0.4 is 5.32 Å². The molecular weight excluding hydrogens is 214 g/mol. The van der Waals surface area contributed by atoms with E-state index in [0.29, 0.717) is 18.4 Å². The number of likely N-dealkylation sites (tertiary alicyclic amines) is 1. The van der Waals surface area contributed by atoms with Crippen molar-refractivity contribution in [2.24, 2.45) is 11.8 Å². The minimum Gasteiger partial charge on any atom is -0.316 e. The zero-order valence-corrected chi connectivity index (χ0v) is 9.34. The molecule has 0 aromatic rings. The fourth-order valence-electron chi connectivity index (χ4n) is 2.28. The molecule has 0 amide bonds. The topological polar surface area (TPSA) is 15.3 Å². The van der Waals surface area contributed by atoms with Gasteiger partial charge in [-0.05, 0) is 19.5 Å². The summed E-state index contributed by atoms with van der Waals surface area (Å²) < 4.78 is 13.3. The first kappa shape index (κ1) is 13.4. The van der Waals surface area contributed by atoms with Crippen LogP contribution in [0.25, 0.3) is 0 Å². The van der Waals surface area contributed by atoms with E-state index < -0.39 is 6.17 Å². The average molecular weight is 231 g/mol. The van der Waals surface area contributed by atoms with Gasteiger partial charge < -0.3 is 10.2 Å². The summed E-state index contributed by atoms with van der Waals surface area (Å²) in [5, 5.41) is 3.25. The zero-order valence-electron chi connectivity index (χ0n) is 7.70. The van der Waals surface area contributed by atoms with Crippen molar-refractivity contribution >= 4 is 24.8 Å². The number of halogens is 3. The number of alkyl halides is 1. The fraction of sp³-hybridized carbons (Fsp3) is 1.00. The van der Waals surface area contributed by atoms with Crippen molar-refractivity contribution in [3.63, 3.8) is 0 Å². The molecule has 0 saturated carbocycles. The van der Waals surface area contributed by atoms with Gasteiger partial charge in [0.15, 0.2) is 0 Å². The molecule has 2 nitrogen and oxygen atoms in total. The van der Waals surface area contributed by atoms with E-state index in [-0.39, 0.29) is 24.8 Å². The SMILES string of the molecule is CN1CC(F)[C@H]2CNC[C@H]2C1.Cl.Cl. The third-order valence-corrected chi connectivity index (χ3v) is 2.89. The molecule has 1 N–H and O–H groups in total. The summed E-state index contributed by atoms with van der Waals surface area (Å²) in [6.07, 6.45) is -0.603. The maximum absolute atomic E-state index is 13.3. The van der Waals surface area contributed by atoms with Crippen molar-refractivity contribution in [2.75, 3.05) is 33.2 Å². The van der Waals surface area contributed by atoms with Gasteiger partial charge in [-0.15, -0.1) is 24.8 Å². The molecular formula is C8H17Cl2FN2. The Labute approximate surface area is 91.1 Å². The molecule has 3 atom stereocenters. The largest absolute Gasteiger partial charge is 0.316 e. The van der Waals surface area contributed by atoms with E-state index >= 15 is 0 Å². The van der Waals surface area contributed by atoms with Crippen LogP contribution in [0.2, 0.25) is 0 Å². The molecule has 2 saturated heterocycles. The van der Waals surface area contributed by atoms with E-state index in [1.54, 1.807) is 0 Å². The molecule has 80 valence electrons. The van der Waals surface area contributed by atoms with Crippen LogP contribution in [0, 0.1) is 11.8 Å². The molecule has 5 heteroatoms. The van der Waals surface area contributed by atoms with Gasteiger partial charge in [-0.2, -0.15) is 0 Å². The molecule has 0 aromatic carbocycles. The lowest BCUT2D eigenvalue weighted by atomic mass is 9.87. The van der Waals surface area contributed by atoms with Crippen molar-refractivity contribution in [1.82, 2.24) is 10.2 Å². The number of nitrogens with one attached hydrogen (secondary N) is 1. The van der Waals surface area contributed by atoms with E-state index in [1.807, 2.05) is 7.05 Å². The monoisotopic (exact) mass is 230 g/mol. The molecule has 0 bridgehead atoms. The van der Waals surface area contributed by atoms with Gasteiger partial charge in [0, 0.05) is 25.6 Å². The maximum Gasteiger partial charge on any atom is 0.117 e. The summed E-state index contributed by atoms with van der Waals surface area (Å²) in [5.74, 6) is 0.856. The third kappa shape index (κ3) is 2.69. The lowest BCUT2D eigenvalue weighted by Crippen LogP contribution is -2.45. The number of hydrogen-bond donors (Lipinski definition) is 1. The Balaban J connectivity index is 0.000000720. The van der Waals surface area contributed by atoms with Gasteiger partial charge in [0.2, 0.25) is 0 Å². The second-order valence-electron chi connectivity index (χ2n) is 3.82. The molecule has 2 heterocycles. The Morgan fingerprint density at radius 2 is 1.92 bits per heavy atom. The molecule has 0 spiro atoms. The average Bonchev–Trinajstić information content (AvgIpc) is 2.34. The number of nitrogens with zero attached hydrogens (tertiary/aromatic N) is 1. The first-order chi connectivity index (χ1) is 5.27. The Kier molecular flexibility index (Phi) is 5.52. The van der Waals surface area contributed by atoms with Crippen LogP contribution in [0.4, 0.5) is 4.39 Å². The zero-order chi connectivity index (χ0) is 7.84. The summed E-state index contributed by atoms with van der Waals surface area (Å²) in [6, 6.07) is 0. The van der Waals surface area contributed by atoms with E-state index in [4.69, 9.17) is 0 Å². The van der Waals surface area contributed by atoms with Gasteiger partial charge >= 0.3 is 0 Å². The predicted octanol–water partition coefficient (Wildman–Crippen LogP) is 0.949. The number of piperidine rings is 1. The molecule has 13 heavy (non-hydrogen) atoms. The molecule has 0 radical (unpaired) electrons. The molecule has 1 unspecified atom stereocenters. The highest BCUT2D eigenvalue weighted by molar-refractivity contribution is 5.85. The Hall–Kier alpha value is 0.430. The van der Waals surface area contributed by atoms with E-state index in [0.717, 1.165) is 19.6 Å². The summed E-state index contributed by atoms with van der Waals surface area (Å²) in [7, 11) is 2.00. The summed E-state index contributed by atoms with van der Waals surface area (Å²) >= 11 is 0. The molecule has 0 aromatic heterocycles. The standard InChI is InChI=1S/C8H15FN2.2ClH/c1-11-4-6-2-10-3-7(6)8(9)5-11;;/h6-8,10H,2-5H2,1H3;2*1H/t6-,7-,8?;;/m0../s1. The summed E-state index contributed by atoms with van der Waals surface area (Å²) in [6.45, 7) is 3.59. The highest BCUT2D eigenvalue weighted by Gasteiger charge is 2.38. The molecule has 0 aliphatic carbocycles. The van der Waals surface area contributed by atoms with Crippen LogP contribution in [0.5, 0.6) is 0 Å². The summed E-state index contributed by atoms with van der Waals surface area (Å²) in [4.78, 5) is 2.10. The molecule has 2 aliphatic heterocycles. The van der Waals surface area contributed by atoms with Gasteiger partial charge in [0.25, 0.3) is 0 Å². The van der Waals surface area contributed by atoms with Crippen molar-refractivity contribution in [1.29, 1.82) is 0 Å². The van der Waals surface area contributed by atoms with Gasteiger partial charge in [-0.1, -0.05) is 0 Å². The smallest absolute Gasteiger partial charge is 0.117 e.